The summed E-state index contributed by atoms with van der Waals surface area (Å²) in [5, 5.41) is 6.37. The Morgan fingerprint density at radius 2 is 1.50 bits per heavy atom. The van der Waals surface area contributed by atoms with Gasteiger partial charge >= 0.3 is 0 Å². The van der Waals surface area contributed by atoms with E-state index in [2.05, 4.69) is 17.6 Å². The Morgan fingerprint density at radius 1 is 1.00 bits per heavy atom. The summed E-state index contributed by atoms with van der Waals surface area (Å²) in [7, 11) is 0. The van der Waals surface area contributed by atoms with Gasteiger partial charge in [0.25, 0.3) is 0 Å². The minimum Gasteiger partial charge on any atom is -0.303 e. The first-order valence-electron chi connectivity index (χ1n) is 5.33. The lowest BCUT2D eigenvalue weighted by Gasteiger charge is -2.05. The molecule has 0 aromatic heterocycles. The Hall–Kier alpha value is -0.0800. The van der Waals surface area contributed by atoms with Crippen LogP contribution in [0.15, 0.2) is 0 Å². The third kappa shape index (κ3) is 6.62. The van der Waals surface area contributed by atoms with E-state index in [1.165, 1.54) is 25.7 Å². The van der Waals surface area contributed by atoms with Gasteiger partial charge in [0.2, 0.25) is 0 Å². The lowest BCUT2D eigenvalue weighted by Crippen LogP contribution is -2.18. The van der Waals surface area contributed by atoms with Gasteiger partial charge in [-0.15, -0.1) is 0 Å². The number of rotatable bonds is 0. The molecule has 1 unspecified atom stereocenters. The Labute approximate surface area is 77.1 Å². The molecule has 0 amide bonds. The topological polar surface area (TPSA) is 24.1 Å². The summed E-state index contributed by atoms with van der Waals surface area (Å²) in [5.74, 6) is 0. The van der Waals surface area contributed by atoms with E-state index < -0.39 is 0 Å². The molecule has 0 aromatic carbocycles. The van der Waals surface area contributed by atoms with Gasteiger partial charge in [0.1, 0.15) is 0 Å². The summed E-state index contributed by atoms with van der Waals surface area (Å²) in [6.07, 6.45) is 6.00. The highest BCUT2D eigenvalue weighted by atomic mass is 15.2. The van der Waals surface area contributed by atoms with Crippen molar-refractivity contribution in [2.75, 3.05) is 13.2 Å². The van der Waals surface area contributed by atoms with Crippen molar-refractivity contribution in [2.45, 2.75) is 52.5 Å². The first-order valence-corrected chi connectivity index (χ1v) is 5.33. The van der Waals surface area contributed by atoms with Crippen molar-refractivity contribution in [1.29, 1.82) is 0 Å². The highest BCUT2D eigenvalue weighted by molar-refractivity contribution is 4.68. The van der Waals surface area contributed by atoms with Gasteiger partial charge in [-0.25, -0.2) is 0 Å². The average molecular weight is 172 g/mol. The molecular weight excluding hydrogens is 148 g/mol. The number of hydrogen-bond donors (Lipinski definition) is 2. The van der Waals surface area contributed by atoms with Crippen LogP contribution in [0.4, 0.5) is 0 Å². The van der Waals surface area contributed by atoms with Gasteiger partial charge < -0.3 is 10.6 Å². The van der Waals surface area contributed by atoms with Crippen molar-refractivity contribution in [1.82, 2.24) is 10.6 Å². The van der Waals surface area contributed by atoms with E-state index in [-0.39, 0.29) is 0 Å². The van der Waals surface area contributed by atoms with Crippen LogP contribution in [0.2, 0.25) is 0 Å². The molecule has 2 aliphatic rings. The van der Waals surface area contributed by atoms with Crippen molar-refractivity contribution < 1.29 is 0 Å². The van der Waals surface area contributed by atoms with E-state index in [0.717, 1.165) is 13.2 Å². The van der Waals surface area contributed by atoms with Gasteiger partial charge in [0.05, 0.1) is 0 Å². The van der Waals surface area contributed by atoms with E-state index >= 15 is 0 Å². The van der Waals surface area contributed by atoms with E-state index in [0.29, 0.717) is 6.04 Å². The SMILES string of the molecule is C1CCC1.CC.CC1CNCN1. The fourth-order valence-corrected chi connectivity index (χ4v) is 0.857. The second-order valence-corrected chi connectivity index (χ2v) is 3.15. The van der Waals surface area contributed by atoms with Crippen molar-refractivity contribution in [3.8, 4) is 0 Å². The smallest absolute Gasteiger partial charge is 0.0457 e. The average Bonchev–Trinajstić information content (AvgIpc) is 2.40. The van der Waals surface area contributed by atoms with Crippen LogP contribution in [0.1, 0.15) is 46.5 Å². The molecule has 2 fully saturated rings. The highest BCUT2D eigenvalue weighted by Gasteiger charge is 2.04. The van der Waals surface area contributed by atoms with Gasteiger partial charge in [-0.1, -0.05) is 39.5 Å². The molecule has 1 atom stereocenters. The zero-order valence-corrected chi connectivity index (χ0v) is 8.82. The zero-order valence-electron chi connectivity index (χ0n) is 8.82. The number of hydrogen-bond acceptors (Lipinski definition) is 2. The van der Waals surface area contributed by atoms with Crippen LogP contribution in [0, 0.1) is 0 Å². The molecule has 1 heterocycles. The van der Waals surface area contributed by atoms with Gasteiger partial charge in [-0.2, -0.15) is 0 Å². The summed E-state index contributed by atoms with van der Waals surface area (Å²) < 4.78 is 0. The number of nitrogens with one attached hydrogen (secondary N) is 2. The molecule has 0 radical (unpaired) electrons. The molecule has 2 N–H and O–H groups in total. The summed E-state index contributed by atoms with van der Waals surface area (Å²) in [4.78, 5) is 0. The van der Waals surface area contributed by atoms with Crippen LogP contribution < -0.4 is 10.6 Å². The molecule has 1 saturated heterocycles. The molecule has 2 rings (SSSR count). The highest BCUT2D eigenvalue weighted by Crippen LogP contribution is 2.15. The maximum absolute atomic E-state index is 3.21. The predicted molar refractivity (Wildman–Crippen MR) is 55.3 cm³/mol. The standard InChI is InChI=1S/C4H10N2.C4H8.C2H6/c1-4-2-5-3-6-4;1-2-4-3-1;1-2/h4-6H,2-3H2,1H3;1-4H2;1-2H3. The van der Waals surface area contributed by atoms with Crippen LogP contribution in [0.25, 0.3) is 0 Å². The molecular formula is C10H24N2. The molecule has 2 heteroatoms. The van der Waals surface area contributed by atoms with E-state index in [1.807, 2.05) is 13.8 Å². The molecule has 1 aliphatic carbocycles. The second-order valence-electron chi connectivity index (χ2n) is 3.15. The van der Waals surface area contributed by atoms with Crippen molar-refractivity contribution in [3.05, 3.63) is 0 Å². The first kappa shape index (κ1) is 11.9. The summed E-state index contributed by atoms with van der Waals surface area (Å²) in [5.41, 5.74) is 0. The molecule has 1 saturated carbocycles. The fourth-order valence-electron chi connectivity index (χ4n) is 0.857. The van der Waals surface area contributed by atoms with Gasteiger partial charge in [0.15, 0.2) is 0 Å². The Kier molecular flexibility index (Phi) is 8.95. The molecule has 74 valence electrons. The fraction of sp³-hybridized carbons (Fsp3) is 1.00. The zero-order chi connectivity index (χ0) is 9.23. The monoisotopic (exact) mass is 172 g/mol. The normalized spacial score (nSPS) is 25.8. The Balaban J connectivity index is 0.000000176. The van der Waals surface area contributed by atoms with E-state index in [4.69, 9.17) is 0 Å². The van der Waals surface area contributed by atoms with Crippen LogP contribution in [-0.2, 0) is 0 Å². The lowest BCUT2D eigenvalue weighted by molar-refractivity contribution is 0.504. The Morgan fingerprint density at radius 3 is 1.58 bits per heavy atom. The third-order valence-corrected chi connectivity index (χ3v) is 2.03. The van der Waals surface area contributed by atoms with E-state index in [9.17, 15) is 0 Å². The minimum atomic E-state index is 0.685. The van der Waals surface area contributed by atoms with E-state index in [1.54, 1.807) is 0 Å². The third-order valence-electron chi connectivity index (χ3n) is 2.03. The maximum atomic E-state index is 3.21. The first-order chi connectivity index (χ1) is 5.89. The molecule has 0 bridgehead atoms. The predicted octanol–water partition coefficient (Wildman–Crippen LogP) is 2.11. The largest absolute Gasteiger partial charge is 0.303 e. The van der Waals surface area contributed by atoms with Gasteiger partial charge in [-0.3, -0.25) is 0 Å². The van der Waals surface area contributed by atoms with Crippen LogP contribution in [0.3, 0.4) is 0 Å². The van der Waals surface area contributed by atoms with Crippen molar-refractivity contribution in [2.24, 2.45) is 0 Å². The van der Waals surface area contributed by atoms with Gasteiger partial charge in [0, 0.05) is 19.3 Å². The van der Waals surface area contributed by atoms with Gasteiger partial charge in [-0.05, 0) is 6.92 Å². The molecule has 1 aliphatic heterocycles. The van der Waals surface area contributed by atoms with Crippen LogP contribution >= 0.6 is 0 Å². The maximum Gasteiger partial charge on any atom is 0.0457 e. The second kappa shape index (κ2) is 9.01. The molecule has 0 spiro atoms. The van der Waals surface area contributed by atoms with Crippen molar-refractivity contribution in [3.63, 3.8) is 0 Å². The lowest BCUT2D eigenvalue weighted by atomic mass is 10.0. The summed E-state index contributed by atoms with van der Waals surface area (Å²) >= 11 is 0. The summed E-state index contributed by atoms with van der Waals surface area (Å²) in [6, 6.07) is 0.685. The molecule has 12 heavy (non-hydrogen) atoms. The molecule has 2 nitrogen and oxygen atoms in total. The quantitative estimate of drug-likeness (QED) is 0.585. The van der Waals surface area contributed by atoms with Crippen molar-refractivity contribution >= 4 is 0 Å². The Bertz CT molecular complexity index is 69.9. The van der Waals surface area contributed by atoms with Crippen LogP contribution in [-0.4, -0.2) is 19.3 Å². The summed E-state index contributed by atoms with van der Waals surface area (Å²) in [6.45, 7) is 8.28. The van der Waals surface area contributed by atoms with Crippen LogP contribution in [0.5, 0.6) is 0 Å². The minimum absolute atomic E-state index is 0.685. The molecule has 0 aromatic rings.